The number of aliphatic hydroxyl groups excluding tert-OH is 2. The average molecular weight is 572 g/mol. The molecular formula is C22H24F4N8O6. The van der Waals surface area contributed by atoms with Gasteiger partial charge in [-0.25, -0.2) is 18.4 Å². The Labute approximate surface area is 222 Å². The Bertz CT molecular complexity index is 1360. The predicted octanol–water partition coefficient (Wildman–Crippen LogP) is -0.0967. The van der Waals surface area contributed by atoms with Gasteiger partial charge in [0, 0.05) is 12.4 Å². The highest BCUT2D eigenvalue weighted by atomic mass is 19.3. The Kier molecular flexibility index (Phi) is 7.97. The van der Waals surface area contributed by atoms with Crippen molar-refractivity contribution in [2.45, 2.75) is 61.9 Å². The van der Waals surface area contributed by atoms with Crippen LogP contribution in [0.15, 0.2) is 34.1 Å². The van der Waals surface area contributed by atoms with E-state index in [0.29, 0.717) is 9.13 Å². The molecule has 4 rings (SSSR count). The molecule has 14 nitrogen and oxygen atoms in total. The lowest BCUT2D eigenvalue weighted by atomic mass is 9.85. The summed E-state index contributed by atoms with van der Waals surface area (Å²) >= 11 is 0. The van der Waals surface area contributed by atoms with Gasteiger partial charge in [0.05, 0.1) is 18.6 Å². The molecule has 2 saturated heterocycles. The first-order valence-corrected chi connectivity index (χ1v) is 11.5. The van der Waals surface area contributed by atoms with Crippen LogP contribution in [-0.2, 0) is 9.47 Å². The third-order valence-electron chi connectivity index (χ3n) is 6.73. The molecule has 2 aromatic heterocycles. The molecule has 0 saturated carbocycles. The van der Waals surface area contributed by atoms with Crippen molar-refractivity contribution in [3.63, 3.8) is 0 Å². The van der Waals surface area contributed by atoms with Crippen LogP contribution in [0.2, 0.25) is 0 Å². The lowest BCUT2D eigenvalue weighted by Gasteiger charge is -2.23. The molecule has 18 heteroatoms. The standard InChI is InChI=1S/C12H14F2N4O2.C10H10F2N4O4/c1-3-11(6-15)7(2)12(13,14)9(20-11)18-5-4-8(16)17-10(18)19;11-10(12)6(18)9(3-13,4-17)20-7(10)16-2-1-5(14)15-8(16)19/h4-5,7,9H,3H2,1-2H3,(H2,16,17,19);1-2,6-7,17-18H,4H2,(H2,14,15,19)/t7-,9-,11+;6-,7-,9-/m11/s1. The Morgan fingerprint density at radius 2 is 1.38 bits per heavy atom. The van der Waals surface area contributed by atoms with Crippen LogP contribution in [0.3, 0.4) is 0 Å². The van der Waals surface area contributed by atoms with Crippen molar-refractivity contribution in [3.8, 4) is 12.1 Å². The van der Waals surface area contributed by atoms with Crippen LogP contribution in [0.4, 0.5) is 29.2 Å². The molecule has 2 aliphatic heterocycles. The minimum absolute atomic E-state index is 0.0670. The van der Waals surface area contributed by atoms with Gasteiger partial charge in [-0.15, -0.1) is 0 Å². The molecule has 2 fully saturated rings. The van der Waals surface area contributed by atoms with Gasteiger partial charge in [-0.05, 0) is 18.6 Å². The number of aliphatic hydroxyl groups is 2. The highest BCUT2D eigenvalue weighted by Crippen LogP contribution is 2.52. The first kappa shape index (κ1) is 30.4. The number of nitrogens with zero attached hydrogens (tertiary/aromatic N) is 6. The van der Waals surface area contributed by atoms with Crippen molar-refractivity contribution in [1.82, 2.24) is 19.1 Å². The molecule has 2 aliphatic rings. The normalized spacial score (nSPS) is 31.9. The number of nitrogens with two attached hydrogens (primary N) is 2. The molecule has 0 bridgehead atoms. The fourth-order valence-corrected chi connectivity index (χ4v) is 4.22. The quantitative estimate of drug-likeness (QED) is 0.352. The summed E-state index contributed by atoms with van der Waals surface area (Å²) in [6, 6.07) is 5.41. The smallest absolute Gasteiger partial charge is 0.351 e. The third-order valence-corrected chi connectivity index (χ3v) is 6.73. The van der Waals surface area contributed by atoms with Crippen LogP contribution in [-0.4, -0.2) is 65.1 Å². The highest BCUT2D eigenvalue weighted by molar-refractivity contribution is 5.25. The number of alkyl halides is 4. The zero-order valence-corrected chi connectivity index (χ0v) is 20.9. The van der Waals surface area contributed by atoms with Gasteiger partial charge in [0.15, 0.2) is 11.7 Å². The second-order valence-electron chi connectivity index (χ2n) is 9.01. The second-order valence-corrected chi connectivity index (χ2v) is 9.01. The van der Waals surface area contributed by atoms with Crippen LogP contribution in [0.1, 0.15) is 32.7 Å². The summed E-state index contributed by atoms with van der Waals surface area (Å²) in [7, 11) is 0. The van der Waals surface area contributed by atoms with Crippen molar-refractivity contribution in [1.29, 1.82) is 10.5 Å². The minimum Gasteiger partial charge on any atom is -0.392 e. The number of halogens is 4. The Hall–Kier alpha value is -4.10. The Balaban J connectivity index is 0.000000220. The van der Waals surface area contributed by atoms with E-state index in [1.807, 2.05) is 0 Å². The van der Waals surface area contributed by atoms with Crippen molar-refractivity contribution >= 4 is 11.6 Å². The molecule has 0 unspecified atom stereocenters. The molecule has 0 spiro atoms. The predicted molar refractivity (Wildman–Crippen MR) is 125 cm³/mol. The fourth-order valence-electron chi connectivity index (χ4n) is 4.22. The van der Waals surface area contributed by atoms with Gasteiger partial charge in [-0.1, -0.05) is 13.8 Å². The van der Waals surface area contributed by atoms with Crippen LogP contribution >= 0.6 is 0 Å². The number of rotatable bonds is 4. The molecule has 0 aliphatic carbocycles. The minimum atomic E-state index is -3.97. The van der Waals surface area contributed by atoms with Crippen molar-refractivity contribution < 1.29 is 37.2 Å². The number of ether oxygens (including phenoxy) is 2. The van der Waals surface area contributed by atoms with Gasteiger partial charge >= 0.3 is 17.3 Å². The SMILES string of the molecule is CC[C@@]1(C#N)O[C@@H](n2ccc(N)nc2=O)C(F)(F)[C@@H]1C.N#C[C@]1(CO)O[C@@H](n2ccc(N)nc2=O)C(F)(F)[C@@H]1O. The number of nitrogen functional groups attached to an aromatic ring is 2. The van der Waals surface area contributed by atoms with Gasteiger partial charge in [-0.2, -0.15) is 29.3 Å². The molecule has 0 radical (unpaired) electrons. The van der Waals surface area contributed by atoms with E-state index in [0.717, 1.165) is 18.5 Å². The van der Waals surface area contributed by atoms with Gasteiger partial charge in [0.25, 0.3) is 5.92 Å². The van der Waals surface area contributed by atoms with Crippen LogP contribution in [0, 0.1) is 28.6 Å². The molecular weight excluding hydrogens is 548 g/mol. The number of hydrogen-bond acceptors (Lipinski definition) is 12. The molecule has 0 amide bonds. The van der Waals surface area contributed by atoms with Crippen molar-refractivity contribution in [2.75, 3.05) is 18.1 Å². The summed E-state index contributed by atoms with van der Waals surface area (Å²) in [6.45, 7) is 1.67. The molecule has 216 valence electrons. The lowest BCUT2D eigenvalue weighted by molar-refractivity contribution is -0.142. The first-order chi connectivity index (χ1) is 18.6. The number of nitriles is 2. The average Bonchev–Trinajstić information content (AvgIpc) is 3.23. The topological polar surface area (TPSA) is 228 Å². The van der Waals surface area contributed by atoms with Gasteiger partial charge in [-0.3, -0.25) is 9.13 Å². The van der Waals surface area contributed by atoms with E-state index < -0.39 is 65.5 Å². The molecule has 6 atom stereocenters. The number of aromatic nitrogens is 4. The summed E-state index contributed by atoms with van der Waals surface area (Å²) in [4.78, 5) is 29.9. The van der Waals surface area contributed by atoms with E-state index in [-0.39, 0.29) is 18.1 Å². The molecule has 40 heavy (non-hydrogen) atoms. The van der Waals surface area contributed by atoms with Crippen molar-refractivity contribution in [3.05, 3.63) is 45.5 Å². The van der Waals surface area contributed by atoms with E-state index >= 15 is 0 Å². The zero-order valence-electron chi connectivity index (χ0n) is 20.9. The monoisotopic (exact) mass is 572 g/mol. The molecule has 4 heterocycles. The maximum Gasteiger partial charge on any atom is 0.351 e. The number of anilines is 2. The van der Waals surface area contributed by atoms with E-state index in [9.17, 15) is 32.3 Å². The third kappa shape index (κ3) is 4.75. The molecule has 2 aromatic rings. The van der Waals surface area contributed by atoms with Crippen LogP contribution < -0.4 is 22.8 Å². The van der Waals surface area contributed by atoms with E-state index in [1.54, 1.807) is 13.0 Å². The van der Waals surface area contributed by atoms with Crippen LogP contribution in [0.25, 0.3) is 0 Å². The summed E-state index contributed by atoms with van der Waals surface area (Å²) in [5.41, 5.74) is 4.34. The van der Waals surface area contributed by atoms with Crippen LogP contribution in [0.5, 0.6) is 0 Å². The second kappa shape index (κ2) is 10.5. The molecule has 0 aromatic carbocycles. The summed E-state index contributed by atoms with van der Waals surface area (Å²) < 4.78 is 67.7. The van der Waals surface area contributed by atoms with Gasteiger partial charge < -0.3 is 31.2 Å². The van der Waals surface area contributed by atoms with E-state index in [1.165, 1.54) is 19.1 Å². The fraction of sp³-hybridized carbons (Fsp3) is 0.545. The van der Waals surface area contributed by atoms with Gasteiger partial charge in [0.1, 0.15) is 17.7 Å². The van der Waals surface area contributed by atoms with E-state index in [2.05, 4.69) is 9.97 Å². The summed E-state index contributed by atoms with van der Waals surface area (Å²) in [5.74, 6) is -8.93. The van der Waals surface area contributed by atoms with Gasteiger partial charge in [0.2, 0.25) is 18.1 Å². The van der Waals surface area contributed by atoms with Crippen molar-refractivity contribution in [2.24, 2.45) is 5.92 Å². The summed E-state index contributed by atoms with van der Waals surface area (Å²) in [6.07, 6.45) is -4.64. The Morgan fingerprint density at radius 3 is 1.70 bits per heavy atom. The maximum atomic E-state index is 14.3. The largest absolute Gasteiger partial charge is 0.392 e. The molecule has 6 N–H and O–H groups in total. The zero-order chi connectivity index (χ0) is 30.3. The first-order valence-electron chi connectivity index (χ1n) is 11.5. The Morgan fingerprint density at radius 1 is 0.950 bits per heavy atom. The summed E-state index contributed by atoms with van der Waals surface area (Å²) in [5, 5.41) is 36.6. The number of hydrogen-bond donors (Lipinski definition) is 4. The maximum absolute atomic E-state index is 14.3. The highest BCUT2D eigenvalue weighted by Gasteiger charge is 2.68. The lowest BCUT2D eigenvalue weighted by Crippen LogP contribution is -2.48. The van der Waals surface area contributed by atoms with E-state index in [4.69, 9.17) is 36.6 Å².